The van der Waals surface area contributed by atoms with Gasteiger partial charge < -0.3 is 4.74 Å². The van der Waals surface area contributed by atoms with Crippen LogP contribution in [0.25, 0.3) is 0 Å². The van der Waals surface area contributed by atoms with Crippen molar-refractivity contribution < 1.29 is 4.74 Å². The van der Waals surface area contributed by atoms with Crippen LogP contribution in [0, 0.1) is 6.92 Å². The first-order chi connectivity index (χ1) is 5.36. The van der Waals surface area contributed by atoms with Gasteiger partial charge in [-0.05, 0) is 19.8 Å². The van der Waals surface area contributed by atoms with E-state index in [-0.39, 0.29) is 0 Å². The van der Waals surface area contributed by atoms with Gasteiger partial charge in [0.15, 0.2) is 0 Å². The second-order valence-electron chi connectivity index (χ2n) is 2.70. The Morgan fingerprint density at radius 2 is 2.45 bits per heavy atom. The van der Waals surface area contributed by atoms with Gasteiger partial charge in [0.25, 0.3) is 0 Å². The fourth-order valence-electron chi connectivity index (χ4n) is 1.20. The highest BCUT2D eigenvalue weighted by Gasteiger charge is 2.11. The van der Waals surface area contributed by atoms with Crippen LogP contribution in [0.4, 0.5) is 0 Å². The molecule has 3 heteroatoms. The Balaban J connectivity index is 2.43. The van der Waals surface area contributed by atoms with Crippen molar-refractivity contribution in [2.75, 3.05) is 6.61 Å². The third kappa shape index (κ3) is 1.18. The number of ether oxygens (including phenoxy) is 1. The lowest BCUT2D eigenvalue weighted by Crippen LogP contribution is -2.10. The maximum Gasteiger partial charge on any atom is 0.219 e. The van der Waals surface area contributed by atoms with Gasteiger partial charge in [-0.2, -0.15) is 4.98 Å². The molecule has 2 heterocycles. The van der Waals surface area contributed by atoms with Gasteiger partial charge in [-0.15, -0.1) is 0 Å². The molecule has 0 aromatic carbocycles. The zero-order valence-corrected chi connectivity index (χ0v) is 6.50. The molecule has 0 spiro atoms. The highest BCUT2D eigenvalue weighted by atomic mass is 16.5. The van der Waals surface area contributed by atoms with Gasteiger partial charge in [-0.25, -0.2) is 4.98 Å². The number of aromatic nitrogens is 2. The zero-order valence-electron chi connectivity index (χ0n) is 6.50. The monoisotopic (exact) mass is 150 g/mol. The topological polar surface area (TPSA) is 35.0 Å². The van der Waals surface area contributed by atoms with E-state index in [0.717, 1.165) is 36.7 Å². The van der Waals surface area contributed by atoms with Gasteiger partial charge in [0.05, 0.1) is 6.61 Å². The van der Waals surface area contributed by atoms with Crippen molar-refractivity contribution in [2.45, 2.75) is 19.8 Å². The van der Waals surface area contributed by atoms with Crippen molar-refractivity contribution in [1.29, 1.82) is 0 Å². The highest BCUT2D eigenvalue weighted by Crippen LogP contribution is 2.20. The molecule has 0 saturated heterocycles. The summed E-state index contributed by atoms with van der Waals surface area (Å²) in [6.45, 7) is 2.67. The van der Waals surface area contributed by atoms with E-state index in [9.17, 15) is 0 Å². The first kappa shape index (κ1) is 6.58. The largest absolute Gasteiger partial charge is 0.477 e. The molecule has 0 bridgehead atoms. The highest BCUT2D eigenvalue weighted by molar-refractivity contribution is 5.25. The second kappa shape index (κ2) is 2.49. The summed E-state index contributed by atoms with van der Waals surface area (Å²) in [5, 5.41) is 0. The smallest absolute Gasteiger partial charge is 0.219 e. The van der Waals surface area contributed by atoms with Crippen molar-refractivity contribution in [3.8, 4) is 5.88 Å². The molecular weight excluding hydrogens is 140 g/mol. The molecule has 11 heavy (non-hydrogen) atoms. The molecule has 0 atom stereocenters. The standard InChI is InChI=1S/C8H10N2O/c1-6-9-5-7-3-2-4-11-8(7)10-6/h5H,2-4H2,1H3. The van der Waals surface area contributed by atoms with E-state index in [4.69, 9.17) is 4.74 Å². The molecule has 0 aliphatic carbocycles. The maximum absolute atomic E-state index is 5.35. The Morgan fingerprint density at radius 1 is 1.55 bits per heavy atom. The minimum atomic E-state index is 0.781. The Bertz CT molecular complexity index is 273. The van der Waals surface area contributed by atoms with Gasteiger partial charge >= 0.3 is 0 Å². The number of hydrogen-bond donors (Lipinski definition) is 0. The lowest BCUT2D eigenvalue weighted by atomic mass is 10.1. The van der Waals surface area contributed by atoms with Gasteiger partial charge in [-0.3, -0.25) is 0 Å². The minimum Gasteiger partial charge on any atom is -0.477 e. The lowest BCUT2D eigenvalue weighted by molar-refractivity contribution is 0.274. The van der Waals surface area contributed by atoms with E-state index in [2.05, 4.69) is 9.97 Å². The number of hydrogen-bond acceptors (Lipinski definition) is 3. The van der Waals surface area contributed by atoms with Crippen LogP contribution in [0.2, 0.25) is 0 Å². The number of aryl methyl sites for hydroxylation is 2. The van der Waals surface area contributed by atoms with Gasteiger partial charge in [0.1, 0.15) is 5.82 Å². The van der Waals surface area contributed by atoms with Crippen molar-refractivity contribution in [3.05, 3.63) is 17.6 Å². The molecular formula is C8H10N2O. The Kier molecular flexibility index (Phi) is 1.49. The fourth-order valence-corrected chi connectivity index (χ4v) is 1.20. The lowest BCUT2D eigenvalue weighted by Gasteiger charge is -2.14. The molecule has 0 N–H and O–H groups in total. The van der Waals surface area contributed by atoms with Gasteiger partial charge in [-0.1, -0.05) is 0 Å². The molecule has 0 amide bonds. The first-order valence-corrected chi connectivity index (χ1v) is 3.81. The molecule has 0 fully saturated rings. The second-order valence-corrected chi connectivity index (χ2v) is 2.70. The van der Waals surface area contributed by atoms with Crippen LogP contribution in [0.5, 0.6) is 5.88 Å². The number of rotatable bonds is 0. The Labute approximate surface area is 65.4 Å². The van der Waals surface area contributed by atoms with E-state index >= 15 is 0 Å². The maximum atomic E-state index is 5.35. The number of fused-ring (bicyclic) bond motifs is 1. The molecule has 1 aliphatic heterocycles. The Morgan fingerprint density at radius 3 is 3.36 bits per heavy atom. The van der Waals surface area contributed by atoms with Crippen LogP contribution in [0.3, 0.4) is 0 Å². The van der Waals surface area contributed by atoms with E-state index < -0.39 is 0 Å². The molecule has 1 aromatic heterocycles. The average molecular weight is 150 g/mol. The predicted molar refractivity (Wildman–Crippen MR) is 40.6 cm³/mol. The van der Waals surface area contributed by atoms with Crippen LogP contribution >= 0.6 is 0 Å². The minimum absolute atomic E-state index is 0.781. The van der Waals surface area contributed by atoms with E-state index in [1.807, 2.05) is 13.1 Å². The van der Waals surface area contributed by atoms with Crippen molar-refractivity contribution in [3.63, 3.8) is 0 Å². The molecule has 1 aliphatic rings. The molecule has 0 unspecified atom stereocenters. The van der Waals surface area contributed by atoms with Crippen molar-refractivity contribution in [1.82, 2.24) is 9.97 Å². The van der Waals surface area contributed by atoms with Crippen molar-refractivity contribution >= 4 is 0 Å². The van der Waals surface area contributed by atoms with Gasteiger partial charge in [0, 0.05) is 11.8 Å². The molecule has 3 nitrogen and oxygen atoms in total. The van der Waals surface area contributed by atoms with E-state index in [1.54, 1.807) is 0 Å². The molecule has 2 rings (SSSR count). The summed E-state index contributed by atoms with van der Waals surface area (Å²) in [5.74, 6) is 1.56. The Hall–Kier alpha value is -1.12. The summed E-state index contributed by atoms with van der Waals surface area (Å²) < 4.78 is 5.35. The summed E-state index contributed by atoms with van der Waals surface area (Å²) in [5.41, 5.74) is 1.14. The SMILES string of the molecule is Cc1ncc2c(n1)OCCC2. The normalized spacial score (nSPS) is 15.4. The van der Waals surface area contributed by atoms with Crippen molar-refractivity contribution in [2.24, 2.45) is 0 Å². The first-order valence-electron chi connectivity index (χ1n) is 3.81. The summed E-state index contributed by atoms with van der Waals surface area (Å²) in [6.07, 6.45) is 3.99. The van der Waals surface area contributed by atoms with E-state index in [1.165, 1.54) is 0 Å². The van der Waals surface area contributed by atoms with Crippen LogP contribution in [-0.2, 0) is 6.42 Å². The summed E-state index contributed by atoms with van der Waals surface area (Å²) in [7, 11) is 0. The zero-order chi connectivity index (χ0) is 7.68. The molecule has 0 radical (unpaired) electrons. The van der Waals surface area contributed by atoms with Crippen LogP contribution in [0.1, 0.15) is 17.8 Å². The third-order valence-electron chi connectivity index (χ3n) is 1.77. The van der Waals surface area contributed by atoms with Crippen LogP contribution < -0.4 is 4.74 Å². The van der Waals surface area contributed by atoms with Gasteiger partial charge in [0.2, 0.25) is 5.88 Å². The average Bonchev–Trinajstić information content (AvgIpc) is 2.04. The third-order valence-corrected chi connectivity index (χ3v) is 1.77. The quantitative estimate of drug-likeness (QED) is 0.555. The molecule has 58 valence electrons. The number of nitrogens with zero attached hydrogens (tertiary/aromatic N) is 2. The predicted octanol–water partition coefficient (Wildman–Crippen LogP) is 1.11. The molecule has 1 aromatic rings. The van der Waals surface area contributed by atoms with Crippen LogP contribution in [-0.4, -0.2) is 16.6 Å². The summed E-state index contributed by atoms with van der Waals surface area (Å²) >= 11 is 0. The fraction of sp³-hybridized carbons (Fsp3) is 0.500. The van der Waals surface area contributed by atoms with E-state index in [0.29, 0.717) is 0 Å². The summed E-state index contributed by atoms with van der Waals surface area (Å²) in [4.78, 5) is 8.28. The molecule has 0 saturated carbocycles. The summed E-state index contributed by atoms with van der Waals surface area (Å²) in [6, 6.07) is 0. The van der Waals surface area contributed by atoms with Crippen LogP contribution in [0.15, 0.2) is 6.20 Å².